The molecule has 0 radical (unpaired) electrons. The number of Topliss-reactive ketones (excluding diaryl/α,β-unsaturated/α-hetero) is 1. The number of carbonyl (C=O) groups is 2. The number of ketones is 1. The Labute approximate surface area is 212 Å². The lowest BCUT2D eigenvalue weighted by Crippen LogP contribution is -2.29. The second kappa shape index (κ2) is 10.4. The second-order valence-corrected chi connectivity index (χ2v) is 9.11. The highest BCUT2D eigenvalue weighted by Gasteiger charge is 2.47. The first kappa shape index (κ1) is 24.5. The quantitative estimate of drug-likeness (QED) is 0.222. The van der Waals surface area contributed by atoms with Crippen LogP contribution in [0, 0.1) is 6.92 Å². The Morgan fingerprint density at radius 1 is 1.03 bits per heavy atom. The third-order valence-corrected chi connectivity index (χ3v) is 6.76. The van der Waals surface area contributed by atoms with Gasteiger partial charge in [-0.2, -0.15) is 0 Å². The van der Waals surface area contributed by atoms with Gasteiger partial charge in [0.15, 0.2) is 0 Å². The van der Waals surface area contributed by atoms with Crippen LogP contribution in [0.1, 0.15) is 36.1 Å². The number of carbonyl (C=O) groups excluding carboxylic acids is 2. The first-order valence-corrected chi connectivity index (χ1v) is 12.1. The lowest BCUT2D eigenvalue weighted by molar-refractivity contribution is -0.132. The number of amides is 1. The highest BCUT2D eigenvalue weighted by Crippen LogP contribution is 2.43. The topological polar surface area (TPSA) is 76.1 Å². The highest BCUT2D eigenvalue weighted by atomic mass is 79.9. The zero-order valence-electron chi connectivity index (χ0n) is 19.7. The summed E-state index contributed by atoms with van der Waals surface area (Å²) in [5.74, 6) is -0.426. The Morgan fingerprint density at radius 2 is 1.77 bits per heavy atom. The molecule has 180 valence electrons. The Bertz CT molecular complexity index is 1300. The maximum atomic E-state index is 13.3. The summed E-state index contributed by atoms with van der Waals surface area (Å²) in [6, 6.07) is 18.6. The highest BCUT2D eigenvalue weighted by molar-refractivity contribution is 9.10. The van der Waals surface area contributed by atoms with Gasteiger partial charge in [0.2, 0.25) is 0 Å². The van der Waals surface area contributed by atoms with Crippen LogP contribution in [0.25, 0.3) is 5.76 Å². The summed E-state index contributed by atoms with van der Waals surface area (Å²) in [6.07, 6.45) is 0.845. The minimum Gasteiger partial charge on any atom is -0.507 e. The molecule has 1 N–H and O–H groups in total. The normalized spacial score (nSPS) is 17.0. The van der Waals surface area contributed by atoms with Crippen molar-refractivity contribution in [1.82, 2.24) is 0 Å². The number of hydrogen-bond donors (Lipinski definition) is 1. The van der Waals surface area contributed by atoms with E-state index in [4.69, 9.17) is 9.47 Å². The summed E-state index contributed by atoms with van der Waals surface area (Å²) in [4.78, 5) is 28.1. The molecule has 3 aromatic carbocycles. The molecule has 35 heavy (non-hydrogen) atoms. The molecular formula is C28H26BrNO5. The zero-order chi connectivity index (χ0) is 25.1. The van der Waals surface area contributed by atoms with Gasteiger partial charge in [-0.15, -0.1) is 0 Å². The summed E-state index contributed by atoms with van der Waals surface area (Å²) in [5.41, 5.74) is 2.56. The average Bonchev–Trinajstić information content (AvgIpc) is 3.14. The fourth-order valence-electron chi connectivity index (χ4n) is 4.10. The second-order valence-electron chi connectivity index (χ2n) is 8.25. The van der Waals surface area contributed by atoms with Gasteiger partial charge in [0.05, 0.1) is 25.3 Å². The van der Waals surface area contributed by atoms with Crippen molar-refractivity contribution < 1.29 is 24.2 Å². The Hall–Kier alpha value is -3.58. The number of nitrogens with zero attached hydrogens (tertiary/aromatic N) is 1. The Balaban J connectivity index is 1.91. The van der Waals surface area contributed by atoms with E-state index in [1.54, 1.807) is 49.6 Å². The molecule has 1 saturated heterocycles. The number of aliphatic hydroxyl groups is 1. The van der Waals surface area contributed by atoms with E-state index in [1.165, 1.54) is 4.90 Å². The van der Waals surface area contributed by atoms with Crippen molar-refractivity contribution in [3.63, 3.8) is 0 Å². The summed E-state index contributed by atoms with van der Waals surface area (Å²) in [7, 11) is 1.56. The fraction of sp³-hybridized carbons (Fsp3) is 0.214. The molecule has 7 heteroatoms. The van der Waals surface area contributed by atoms with Crippen LogP contribution in [-0.4, -0.2) is 30.5 Å². The number of halogens is 1. The van der Waals surface area contributed by atoms with Gasteiger partial charge >= 0.3 is 0 Å². The molecule has 3 aromatic rings. The molecule has 1 unspecified atom stereocenters. The maximum absolute atomic E-state index is 13.3. The molecule has 4 rings (SSSR count). The van der Waals surface area contributed by atoms with Gasteiger partial charge in [-0.1, -0.05) is 41.1 Å². The van der Waals surface area contributed by atoms with E-state index in [1.807, 2.05) is 38.1 Å². The van der Waals surface area contributed by atoms with Crippen LogP contribution in [0.15, 0.2) is 76.8 Å². The van der Waals surface area contributed by atoms with E-state index in [2.05, 4.69) is 15.9 Å². The standard InChI is InChI=1S/C28H26BrNO5/c1-4-14-35-22-7-5-6-18(16-22)25-24(26(31)19-8-13-23(29)17(2)15-19)27(32)28(33)30(25)20-9-11-21(34-3)12-10-20/h5-13,15-16,25,31H,4,14H2,1-3H3/b26-24-. The summed E-state index contributed by atoms with van der Waals surface area (Å²) in [6.45, 7) is 4.45. The lowest BCUT2D eigenvalue weighted by Gasteiger charge is -2.26. The van der Waals surface area contributed by atoms with Gasteiger partial charge in [-0.3, -0.25) is 14.5 Å². The van der Waals surface area contributed by atoms with Crippen LogP contribution in [0.3, 0.4) is 0 Å². The minimum absolute atomic E-state index is 0.0279. The predicted octanol–water partition coefficient (Wildman–Crippen LogP) is 6.18. The number of aryl methyl sites for hydroxylation is 1. The zero-order valence-corrected chi connectivity index (χ0v) is 21.3. The smallest absolute Gasteiger partial charge is 0.300 e. The van der Waals surface area contributed by atoms with Gasteiger partial charge in [-0.25, -0.2) is 0 Å². The van der Waals surface area contributed by atoms with E-state index in [-0.39, 0.29) is 11.3 Å². The third-order valence-electron chi connectivity index (χ3n) is 5.87. The molecule has 1 fully saturated rings. The van der Waals surface area contributed by atoms with Gasteiger partial charge in [0.25, 0.3) is 11.7 Å². The van der Waals surface area contributed by atoms with Gasteiger partial charge in [0.1, 0.15) is 17.3 Å². The number of aliphatic hydroxyl groups excluding tert-OH is 1. The van der Waals surface area contributed by atoms with E-state index >= 15 is 0 Å². The number of benzene rings is 3. The van der Waals surface area contributed by atoms with Crippen LogP contribution in [0.5, 0.6) is 11.5 Å². The summed E-state index contributed by atoms with van der Waals surface area (Å²) in [5, 5.41) is 11.3. The largest absolute Gasteiger partial charge is 0.507 e. The van der Waals surface area contributed by atoms with Crippen LogP contribution in [0.2, 0.25) is 0 Å². The Kier molecular flexibility index (Phi) is 7.26. The first-order valence-electron chi connectivity index (χ1n) is 11.3. The number of anilines is 1. The predicted molar refractivity (Wildman–Crippen MR) is 139 cm³/mol. The van der Waals surface area contributed by atoms with Crippen LogP contribution < -0.4 is 14.4 Å². The fourth-order valence-corrected chi connectivity index (χ4v) is 4.35. The molecule has 1 heterocycles. The third kappa shape index (κ3) is 4.82. The number of rotatable bonds is 7. The molecular weight excluding hydrogens is 510 g/mol. The molecule has 1 aliphatic heterocycles. The van der Waals surface area contributed by atoms with E-state index in [9.17, 15) is 14.7 Å². The molecule has 1 amide bonds. The molecule has 0 aliphatic carbocycles. The maximum Gasteiger partial charge on any atom is 0.300 e. The van der Waals surface area contributed by atoms with Crippen molar-refractivity contribution in [1.29, 1.82) is 0 Å². The van der Waals surface area contributed by atoms with Crippen LogP contribution >= 0.6 is 15.9 Å². The minimum atomic E-state index is -0.836. The van der Waals surface area contributed by atoms with E-state index < -0.39 is 17.7 Å². The monoisotopic (exact) mass is 535 g/mol. The van der Waals surface area contributed by atoms with Crippen molar-refractivity contribution in [3.8, 4) is 11.5 Å². The average molecular weight is 536 g/mol. The van der Waals surface area contributed by atoms with E-state index in [0.717, 1.165) is 16.5 Å². The van der Waals surface area contributed by atoms with Crippen LogP contribution in [-0.2, 0) is 9.59 Å². The molecule has 0 saturated carbocycles. The molecule has 0 bridgehead atoms. The molecule has 6 nitrogen and oxygen atoms in total. The van der Waals surface area contributed by atoms with Crippen molar-refractivity contribution in [2.45, 2.75) is 26.3 Å². The number of ether oxygens (including phenoxy) is 2. The first-order chi connectivity index (χ1) is 16.8. The van der Waals surface area contributed by atoms with Crippen molar-refractivity contribution >= 4 is 39.1 Å². The van der Waals surface area contributed by atoms with Gasteiger partial charge < -0.3 is 14.6 Å². The van der Waals surface area contributed by atoms with Crippen molar-refractivity contribution in [3.05, 3.63) is 93.5 Å². The number of methoxy groups -OCH3 is 1. The molecule has 0 spiro atoms. The SMILES string of the molecule is CCCOc1cccc(C2/C(=C(/O)c3ccc(Br)c(C)c3)C(=O)C(=O)N2c2ccc(OC)cc2)c1. The molecule has 1 aliphatic rings. The van der Waals surface area contributed by atoms with E-state index in [0.29, 0.717) is 34.9 Å². The van der Waals surface area contributed by atoms with Gasteiger partial charge in [0, 0.05) is 15.7 Å². The lowest BCUT2D eigenvalue weighted by atomic mass is 9.94. The summed E-state index contributed by atoms with van der Waals surface area (Å²) < 4.78 is 11.9. The van der Waals surface area contributed by atoms with Crippen molar-refractivity contribution in [2.24, 2.45) is 0 Å². The van der Waals surface area contributed by atoms with Gasteiger partial charge in [-0.05, 0) is 73.0 Å². The van der Waals surface area contributed by atoms with Crippen molar-refractivity contribution in [2.75, 3.05) is 18.6 Å². The Morgan fingerprint density at radius 3 is 2.43 bits per heavy atom. The summed E-state index contributed by atoms with van der Waals surface area (Å²) >= 11 is 3.46. The molecule has 1 atom stereocenters. The number of hydrogen-bond acceptors (Lipinski definition) is 5. The molecule has 0 aromatic heterocycles. The van der Waals surface area contributed by atoms with Crippen LogP contribution in [0.4, 0.5) is 5.69 Å².